The van der Waals surface area contributed by atoms with Gasteiger partial charge in [-0.2, -0.15) is 5.26 Å². The number of nitriles is 1. The molecule has 9 heteroatoms. The molecule has 2 bridgehead atoms. The minimum atomic E-state index is -0.891. The zero-order valence-corrected chi connectivity index (χ0v) is 19.3. The topological polar surface area (TPSA) is 88.9 Å². The van der Waals surface area contributed by atoms with E-state index < -0.39 is 23.0 Å². The monoisotopic (exact) mass is 465 g/mol. The Morgan fingerprint density at radius 3 is 2.73 bits per heavy atom. The van der Waals surface area contributed by atoms with Gasteiger partial charge in [0.15, 0.2) is 0 Å². The summed E-state index contributed by atoms with van der Waals surface area (Å²) in [5.74, 6) is -1.87. The third-order valence-electron chi connectivity index (χ3n) is 7.64. The third kappa shape index (κ3) is 2.94. The molecule has 2 amide bonds. The van der Waals surface area contributed by atoms with E-state index in [4.69, 9.17) is 15.0 Å². The van der Waals surface area contributed by atoms with Gasteiger partial charge >= 0.3 is 0 Å². The van der Waals surface area contributed by atoms with Crippen molar-refractivity contribution in [3.63, 3.8) is 0 Å². The van der Waals surface area contributed by atoms with Gasteiger partial charge in [-0.05, 0) is 19.9 Å². The van der Waals surface area contributed by atoms with Gasteiger partial charge in [0.2, 0.25) is 18.9 Å². The molecule has 33 heavy (non-hydrogen) atoms. The molecule has 3 aliphatic rings. The Balaban J connectivity index is 1.60. The van der Waals surface area contributed by atoms with E-state index in [1.54, 1.807) is 19.2 Å². The molecular formula is C24H24BN2O5S. The van der Waals surface area contributed by atoms with Gasteiger partial charge in [0, 0.05) is 30.7 Å². The van der Waals surface area contributed by atoms with Crippen LogP contribution in [0.3, 0.4) is 0 Å². The number of carbonyl (C=O) groups excluding carboxylic acids is 2. The predicted octanol–water partition coefficient (Wildman–Crippen LogP) is 3.02. The highest BCUT2D eigenvalue weighted by Gasteiger charge is 2.78. The Labute approximate surface area is 199 Å². The lowest BCUT2D eigenvalue weighted by Crippen LogP contribution is -2.51. The van der Waals surface area contributed by atoms with Crippen molar-refractivity contribution >= 4 is 47.3 Å². The van der Waals surface area contributed by atoms with Crippen LogP contribution in [0.15, 0.2) is 36.4 Å². The Bertz CT molecular complexity index is 1210. The first-order valence-corrected chi connectivity index (χ1v) is 11.8. The summed E-state index contributed by atoms with van der Waals surface area (Å²) < 4.78 is 25.0. The highest BCUT2D eigenvalue weighted by Crippen LogP contribution is 2.64. The number of ether oxygens (including phenoxy) is 2. The number of hydrogen-bond donors (Lipinski definition) is 0. The van der Waals surface area contributed by atoms with Crippen molar-refractivity contribution in [2.75, 3.05) is 18.6 Å². The number of fused-ring (bicyclic) bond motifs is 6. The van der Waals surface area contributed by atoms with Crippen LogP contribution >= 0.6 is 11.9 Å². The van der Waals surface area contributed by atoms with E-state index >= 15 is 0 Å². The molecule has 5 atom stereocenters. The number of nitrogens with zero attached hydrogens (tertiary/aromatic N) is 2. The molecule has 1 radical (unpaired) electrons. The Hall–Kier alpha value is -2.38. The largest absolute Gasteiger partial charge is 0.378 e. The summed E-state index contributed by atoms with van der Waals surface area (Å²) in [6, 6.07) is 12.8. The zero-order valence-electron chi connectivity index (χ0n) is 19.4. The van der Waals surface area contributed by atoms with E-state index in [1.165, 1.54) is 4.90 Å². The molecule has 169 valence electrons. The minimum Gasteiger partial charge on any atom is -0.378 e. The van der Waals surface area contributed by atoms with Crippen molar-refractivity contribution < 1.29 is 23.2 Å². The number of amides is 2. The number of hydrogen-bond acceptors (Lipinski definition) is 7. The molecule has 2 unspecified atom stereocenters. The van der Waals surface area contributed by atoms with Crippen LogP contribution in [0.2, 0.25) is 0 Å². The van der Waals surface area contributed by atoms with Crippen molar-refractivity contribution in [1.29, 1.82) is 6.60 Å². The molecule has 2 aromatic rings. The molecule has 3 saturated heterocycles. The van der Waals surface area contributed by atoms with E-state index in [9.17, 15) is 14.9 Å². The van der Waals surface area contributed by atoms with E-state index in [0.717, 1.165) is 19.0 Å². The molecular weight excluding hydrogens is 439 g/mol. The predicted molar refractivity (Wildman–Crippen MR) is 126 cm³/mol. The normalized spacial score (nSPS) is 32.8. The zero-order chi connectivity index (χ0) is 24.1. The van der Waals surface area contributed by atoms with E-state index in [1.807, 2.05) is 31.2 Å². The van der Waals surface area contributed by atoms with Crippen molar-refractivity contribution in [1.82, 2.24) is 0 Å². The number of benzene rings is 2. The molecule has 3 fully saturated rings. The summed E-state index contributed by atoms with van der Waals surface area (Å²) in [5, 5.41) is 10.9. The lowest BCUT2D eigenvalue weighted by Gasteiger charge is -2.36. The molecule has 0 saturated carbocycles. The van der Waals surface area contributed by atoms with E-state index in [0.29, 0.717) is 41.3 Å². The summed E-state index contributed by atoms with van der Waals surface area (Å²) in [5.41, 5.74) is -0.792. The summed E-state index contributed by atoms with van der Waals surface area (Å²) in [6.07, 6.45) is 1.13. The molecule has 0 N–H and O–H groups in total. The maximum atomic E-state index is 14.0. The van der Waals surface area contributed by atoms with E-state index in [2.05, 4.69) is 6.07 Å². The lowest BCUT2D eigenvalue weighted by molar-refractivity contribution is -0.138. The molecule has 7 nitrogen and oxygen atoms in total. The Kier molecular flexibility index (Phi) is 5.22. The van der Waals surface area contributed by atoms with Crippen molar-refractivity contribution in [3.8, 4) is 6.07 Å². The van der Waals surface area contributed by atoms with Crippen molar-refractivity contribution in [2.24, 2.45) is 11.8 Å². The van der Waals surface area contributed by atoms with Crippen LogP contribution in [0.1, 0.15) is 31.7 Å². The Morgan fingerprint density at radius 1 is 1.27 bits per heavy atom. The number of imide groups is 1. The SMILES string of the molecule is [3H][B]SOCCC12C[C@H](OC)C(CC)(O1)[C@@H]1C(=O)N(c3ccc(C#N)c4ccccc34)C(=O)[C@@H]12. The summed E-state index contributed by atoms with van der Waals surface area (Å²) in [4.78, 5) is 29.2. The van der Waals surface area contributed by atoms with Gasteiger partial charge < -0.3 is 13.7 Å². The maximum Gasteiger partial charge on any atom is 0.240 e. The second kappa shape index (κ2) is 8.14. The average Bonchev–Trinajstić information content (AvgIpc) is 3.45. The van der Waals surface area contributed by atoms with Crippen LogP contribution in [0, 0.1) is 23.2 Å². The molecule has 3 heterocycles. The smallest absolute Gasteiger partial charge is 0.240 e. The van der Waals surface area contributed by atoms with Gasteiger partial charge in [0.05, 0.1) is 47.5 Å². The van der Waals surface area contributed by atoms with Gasteiger partial charge in [-0.1, -0.05) is 43.1 Å². The summed E-state index contributed by atoms with van der Waals surface area (Å²) in [7, 11) is 2.71. The standard InChI is InChI=1S/C24H24BN2O5S/c1-3-24-18(30-2)12-23(32-24,10-11-31-33-25)19-20(24)22(29)27(21(19)28)17-9-8-14(13-26)15-6-4-5-7-16(15)17/h4-9,18-20,25H,3,10-12H2,1-2H3/t18-,19+,20-,23?,24?/m0/s1/i25T. The van der Waals surface area contributed by atoms with Gasteiger partial charge in [-0.25, -0.2) is 4.90 Å². The summed E-state index contributed by atoms with van der Waals surface area (Å²) >= 11 is 0.921. The van der Waals surface area contributed by atoms with Crippen LogP contribution in [0.4, 0.5) is 5.69 Å². The first kappa shape index (κ1) is 21.2. The van der Waals surface area contributed by atoms with E-state index in [-0.39, 0.29) is 24.5 Å². The van der Waals surface area contributed by atoms with Gasteiger partial charge in [0.1, 0.15) is 5.60 Å². The van der Waals surface area contributed by atoms with Crippen LogP contribution < -0.4 is 4.90 Å². The summed E-state index contributed by atoms with van der Waals surface area (Å²) in [6.45, 7) is 2.24. The quantitative estimate of drug-likeness (QED) is 0.256. The number of rotatable bonds is 8. The van der Waals surface area contributed by atoms with Crippen molar-refractivity contribution in [2.45, 2.75) is 43.5 Å². The molecule has 0 spiro atoms. The molecule has 3 aliphatic heterocycles. The second-order valence-electron chi connectivity index (χ2n) is 8.83. The number of methoxy groups -OCH3 is 1. The van der Waals surface area contributed by atoms with Gasteiger partial charge in [-0.3, -0.25) is 9.59 Å². The highest BCUT2D eigenvalue weighted by molar-refractivity contribution is 8.15. The van der Waals surface area contributed by atoms with Crippen LogP contribution in [0.5, 0.6) is 0 Å². The second-order valence-corrected chi connectivity index (χ2v) is 9.26. The van der Waals surface area contributed by atoms with Gasteiger partial charge in [0.25, 0.3) is 0 Å². The average molecular weight is 465 g/mol. The number of anilines is 1. The molecule has 0 aromatic heterocycles. The van der Waals surface area contributed by atoms with Crippen LogP contribution in [0.25, 0.3) is 10.8 Å². The molecule has 2 aromatic carbocycles. The third-order valence-corrected chi connectivity index (χ3v) is 7.95. The van der Waals surface area contributed by atoms with Gasteiger partial charge in [-0.15, -0.1) is 0 Å². The maximum absolute atomic E-state index is 14.0. The minimum absolute atomic E-state index is 0.279. The first-order valence-electron chi connectivity index (χ1n) is 11.6. The fraction of sp³-hybridized carbons (Fsp3) is 0.458. The van der Waals surface area contributed by atoms with Crippen molar-refractivity contribution in [3.05, 3.63) is 42.0 Å². The molecule has 0 aliphatic carbocycles. The molecule has 5 rings (SSSR count). The highest BCUT2D eigenvalue weighted by atomic mass is 32.2. The lowest BCUT2D eigenvalue weighted by atomic mass is 9.64. The Morgan fingerprint density at radius 2 is 2.03 bits per heavy atom. The fourth-order valence-corrected chi connectivity index (χ4v) is 6.48. The van der Waals surface area contributed by atoms with Crippen LogP contribution in [-0.2, 0) is 23.2 Å². The van der Waals surface area contributed by atoms with Crippen LogP contribution in [-0.4, -0.2) is 51.3 Å². The fourth-order valence-electron chi connectivity index (χ4n) is 6.31. The first-order chi connectivity index (χ1) is 16.5. The number of carbonyl (C=O) groups is 2.